The lowest BCUT2D eigenvalue weighted by atomic mass is 10.2. The Morgan fingerprint density at radius 2 is 1.30 bits per heavy atom. The fourth-order valence-corrected chi connectivity index (χ4v) is 5.00. The molecule has 3 rings (SSSR count). The number of nitriles is 1. The zero-order chi connectivity index (χ0) is 21.3. The molecule has 0 N–H and O–H groups in total. The highest BCUT2D eigenvalue weighted by molar-refractivity contribution is 7.99. The van der Waals surface area contributed by atoms with Crippen molar-refractivity contribution in [1.29, 1.82) is 5.26 Å². The summed E-state index contributed by atoms with van der Waals surface area (Å²) in [5, 5.41) is 11.7. The first kappa shape index (κ1) is 22.3. The molecule has 0 aliphatic heterocycles. The fourth-order valence-electron chi connectivity index (χ4n) is 2.56. The summed E-state index contributed by atoms with van der Waals surface area (Å²) in [6.45, 7) is 0. The van der Waals surface area contributed by atoms with Crippen LogP contribution in [0.15, 0.2) is 63.7 Å². The Bertz CT molecular complexity index is 1020. The molecule has 0 fully saturated rings. The molecule has 0 saturated carbocycles. The maximum atomic E-state index is 9.65. The summed E-state index contributed by atoms with van der Waals surface area (Å²) >= 11 is 4.58. The molecular formula is C22H21N3O2S3. The minimum atomic E-state index is 0.537. The molecule has 0 aliphatic rings. The molecule has 2 aromatic carbocycles. The van der Waals surface area contributed by atoms with E-state index in [2.05, 4.69) is 16.0 Å². The second-order valence-electron chi connectivity index (χ2n) is 6.08. The molecule has 154 valence electrons. The largest absolute Gasteiger partial charge is 0.497 e. The Kier molecular flexibility index (Phi) is 8.31. The lowest BCUT2D eigenvalue weighted by Crippen LogP contribution is -1.98. The van der Waals surface area contributed by atoms with Gasteiger partial charge in [-0.2, -0.15) is 5.26 Å². The lowest BCUT2D eigenvalue weighted by molar-refractivity contribution is 0.414. The van der Waals surface area contributed by atoms with Crippen molar-refractivity contribution in [2.24, 2.45) is 0 Å². The first-order chi connectivity index (χ1) is 14.7. The van der Waals surface area contributed by atoms with Gasteiger partial charge in [0.1, 0.15) is 33.2 Å². The molecule has 30 heavy (non-hydrogen) atoms. The van der Waals surface area contributed by atoms with Crippen molar-refractivity contribution in [2.75, 3.05) is 20.5 Å². The van der Waals surface area contributed by atoms with Gasteiger partial charge >= 0.3 is 0 Å². The maximum absolute atomic E-state index is 9.65. The van der Waals surface area contributed by atoms with Gasteiger partial charge in [-0.15, -0.1) is 23.5 Å². The lowest BCUT2D eigenvalue weighted by Gasteiger charge is -2.10. The third kappa shape index (κ3) is 5.85. The van der Waals surface area contributed by atoms with Gasteiger partial charge in [-0.25, -0.2) is 9.97 Å². The highest BCUT2D eigenvalue weighted by atomic mass is 32.2. The van der Waals surface area contributed by atoms with Crippen LogP contribution in [-0.2, 0) is 11.5 Å². The molecule has 5 nitrogen and oxygen atoms in total. The zero-order valence-corrected chi connectivity index (χ0v) is 19.4. The highest BCUT2D eigenvalue weighted by Crippen LogP contribution is 2.32. The van der Waals surface area contributed by atoms with Crippen LogP contribution in [0.1, 0.15) is 16.7 Å². The van der Waals surface area contributed by atoms with Crippen LogP contribution in [0.3, 0.4) is 0 Å². The molecule has 0 saturated heterocycles. The van der Waals surface area contributed by atoms with E-state index in [1.807, 2.05) is 54.8 Å². The number of benzene rings is 2. The Labute approximate surface area is 189 Å². The van der Waals surface area contributed by atoms with Gasteiger partial charge in [-0.05, 0) is 41.6 Å². The molecule has 8 heteroatoms. The van der Waals surface area contributed by atoms with Crippen molar-refractivity contribution >= 4 is 35.3 Å². The van der Waals surface area contributed by atoms with E-state index in [4.69, 9.17) is 9.47 Å². The first-order valence-corrected chi connectivity index (χ1v) is 12.2. The number of nitrogens with zero attached hydrogens (tertiary/aromatic N) is 3. The van der Waals surface area contributed by atoms with Crippen LogP contribution in [0.2, 0.25) is 0 Å². The topological polar surface area (TPSA) is 68.0 Å². The summed E-state index contributed by atoms with van der Waals surface area (Å²) in [4.78, 5) is 9.27. The van der Waals surface area contributed by atoms with Crippen molar-refractivity contribution < 1.29 is 9.47 Å². The Hall–Kier alpha value is -2.34. The van der Waals surface area contributed by atoms with Gasteiger partial charge in [0.25, 0.3) is 0 Å². The van der Waals surface area contributed by atoms with E-state index in [1.165, 1.54) is 11.8 Å². The summed E-state index contributed by atoms with van der Waals surface area (Å²) in [6, 6.07) is 18.1. The van der Waals surface area contributed by atoms with Crippen LogP contribution >= 0.6 is 35.3 Å². The number of aromatic nitrogens is 2. The summed E-state index contributed by atoms with van der Waals surface area (Å²) in [6.07, 6.45) is 1.93. The normalized spacial score (nSPS) is 10.5. The molecule has 0 radical (unpaired) electrons. The Balaban J connectivity index is 1.76. The zero-order valence-electron chi connectivity index (χ0n) is 16.9. The minimum Gasteiger partial charge on any atom is -0.497 e. The standard InChI is InChI=1S/C22H21N3O2S3/c1-26-17-8-4-15(5-9-17)13-29-21-19(12-23)20(28-3)24-22(25-21)30-14-16-6-10-18(27-2)11-7-16/h4-11H,13-14H2,1-3H3. The summed E-state index contributed by atoms with van der Waals surface area (Å²) in [5.74, 6) is 3.11. The highest BCUT2D eigenvalue weighted by Gasteiger charge is 2.15. The molecule has 0 amide bonds. The number of hydrogen-bond acceptors (Lipinski definition) is 8. The molecule has 0 unspecified atom stereocenters. The van der Waals surface area contributed by atoms with Gasteiger partial charge < -0.3 is 9.47 Å². The van der Waals surface area contributed by atoms with E-state index in [0.717, 1.165) is 28.4 Å². The third-order valence-corrected chi connectivity index (χ3v) is 6.84. The molecule has 0 bridgehead atoms. The smallest absolute Gasteiger partial charge is 0.190 e. The van der Waals surface area contributed by atoms with Gasteiger partial charge in [0.15, 0.2) is 5.16 Å². The summed E-state index contributed by atoms with van der Waals surface area (Å²) in [7, 11) is 3.31. The van der Waals surface area contributed by atoms with Crippen molar-refractivity contribution in [3.8, 4) is 17.6 Å². The van der Waals surface area contributed by atoms with Crippen molar-refractivity contribution in [3.05, 3.63) is 65.2 Å². The van der Waals surface area contributed by atoms with E-state index in [0.29, 0.717) is 26.5 Å². The second kappa shape index (κ2) is 11.2. The fraction of sp³-hybridized carbons (Fsp3) is 0.227. The van der Waals surface area contributed by atoms with Gasteiger partial charge in [0.2, 0.25) is 0 Å². The number of rotatable bonds is 9. The van der Waals surface area contributed by atoms with Crippen molar-refractivity contribution in [1.82, 2.24) is 9.97 Å². The molecule has 0 atom stereocenters. The van der Waals surface area contributed by atoms with Crippen LogP contribution < -0.4 is 9.47 Å². The van der Waals surface area contributed by atoms with E-state index in [1.54, 1.807) is 37.7 Å². The van der Waals surface area contributed by atoms with Crippen LogP contribution in [0.25, 0.3) is 0 Å². The van der Waals surface area contributed by atoms with Gasteiger partial charge in [0.05, 0.1) is 14.2 Å². The van der Waals surface area contributed by atoms with E-state index in [9.17, 15) is 5.26 Å². The van der Waals surface area contributed by atoms with E-state index in [-0.39, 0.29) is 0 Å². The monoisotopic (exact) mass is 455 g/mol. The number of methoxy groups -OCH3 is 2. The molecule has 1 heterocycles. The first-order valence-electron chi connectivity index (χ1n) is 9.04. The summed E-state index contributed by atoms with van der Waals surface area (Å²) < 4.78 is 10.4. The van der Waals surface area contributed by atoms with Crippen molar-refractivity contribution in [2.45, 2.75) is 26.7 Å². The van der Waals surface area contributed by atoms with Gasteiger partial charge in [-0.1, -0.05) is 36.0 Å². The third-order valence-electron chi connectivity index (χ3n) is 4.19. The summed E-state index contributed by atoms with van der Waals surface area (Å²) in [5.41, 5.74) is 2.84. The predicted octanol–water partition coefficient (Wildman–Crippen LogP) is 5.67. The average molecular weight is 456 g/mol. The van der Waals surface area contributed by atoms with Gasteiger partial charge in [-0.3, -0.25) is 0 Å². The van der Waals surface area contributed by atoms with E-state index >= 15 is 0 Å². The average Bonchev–Trinajstić information content (AvgIpc) is 2.81. The maximum Gasteiger partial charge on any atom is 0.190 e. The van der Waals surface area contributed by atoms with E-state index < -0.39 is 0 Å². The molecule has 0 aliphatic carbocycles. The van der Waals surface area contributed by atoms with Crippen molar-refractivity contribution in [3.63, 3.8) is 0 Å². The van der Waals surface area contributed by atoms with Crippen LogP contribution in [0, 0.1) is 11.3 Å². The SMILES string of the molecule is COc1ccc(CSc2nc(SC)c(C#N)c(SCc3ccc(OC)cc3)n2)cc1. The van der Waals surface area contributed by atoms with Crippen LogP contribution in [0.5, 0.6) is 11.5 Å². The number of thioether (sulfide) groups is 3. The Morgan fingerprint density at radius 3 is 1.77 bits per heavy atom. The number of hydrogen-bond donors (Lipinski definition) is 0. The van der Waals surface area contributed by atoms with Gasteiger partial charge in [0, 0.05) is 11.5 Å². The Morgan fingerprint density at radius 1 is 0.800 bits per heavy atom. The minimum absolute atomic E-state index is 0.537. The molecular weight excluding hydrogens is 434 g/mol. The molecule has 3 aromatic rings. The van der Waals surface area contributed by atoms with Crippen LogP contribution in [0.4, 0.5) is 0 Å². The van der Waals surface area contributed by atoms with Crippen LogP contribution in [-0.4, -0.2) is 30.4 Å². The predicted molar refractivity (Wildman–Crippen MR) is 124 cm³/mol. The molecule has 1 aromatic heterocycles. The second-order valence-corrected chi connectivity index (χ2v) is 8.78. The quantitative estimate of drug-likeness (QED) is 0.232. The molecule has 0 spiro atoms. The number of ether oxygens (including phenoxy) is 2.